The number of morpholine rings is 1. The average Bonchev–Trinajstić information content (AvgIpc) is 2.29. The van der Waals surface area contributed by atoms with Crippen LogP contribution in [0.3, 0.4) is 0 Å². The number of nitrogens with two attached hydrogens (primary N) is 1. The van der Waals surface area contributed by atoms with E-state index in [0.29, 0.717) is 45.8 Å². The van der Waals surface area contributed by atoms with Gasteiger partial charge in [0, 0.05) is 26.3 Å². The van der Waals surface area contributed by atoms with Crippen molar-refractivity contribution in [2.24, 2.45) is 5.73 Å². The lowest BCUT2D eigenvalue weighted by atomic mass is 9.89. The van der Waals surface area contributed by atoms with Gasteiger partial charge in [-0.2, -0.15) is 0 Å². The van der Waals surface area contributed by atoms with E-state index in [2.05, 4.69) is 0 Å². The van der Waals surface area contributed by atoms with Crippen LogP contribution in [0.15, 0.2) is 0 Å². The molecule has 0 aliphatic carbocycles. The summed E-state index contributed by atoms with van der Waals surface area (Å²) in [7, 11) is 0. The fourth-order valence-corrected chi connectivity index (χ4v) is 2.27. The summed E-state index contributed by atoms with van der Waals surface area (Å²) in [4.78, 5) is 14.1. The van der Waals surface area contributed by atoms with Gasteiger partial charge in [-0.25, -0.2) is 0 Å². The lowest BCUT2D eigenvalue weighted by Crippen LogP contribution is -2.60. The third-order valence-corrected chi connectivity index (χ3v) is 3.34. The summed E-state index contributed by atoms with van der Waals surface area (Å²) in [5.41, 5.74) is 5.45. The van der Waals surface area contributed by atoms with Crippen LogP contribution in [-0.4, -0.2) is 55.4 Å². The van der Waals surface area contributed by atoms with Gasteiger partial charge in [0.1, 0.15) is 0 Å². The molecule has 1 amide bonds. The minimum absolute atomic E-state index is 0.0611. The van der Waals surface area contributed by atoms with E-state index < -0.39 is 5.54 Å². The molecule has 16 heavy (non-hydrogen) atoms. The van der Waals surface area contributed by atoms with Gasteiger partial charge in [-0.05, 0) is 19.8 Å². The molecule has 2 aliphatic rings. The molecular formula is C11H20N2O3. The molecular weight excluding hydrogens is 208 g/mol. The highest BCUT2D eigenvalue weighted by Crippen LogP contribution is 2.21. The van der Waals surface area contributed by atoms with Gasteiger partial charge in [0.15, 0.2) is 0 Å². The van der Waals surface area contributed by atoms with Crippen molar-refractivity contribution in [1.82, 2.24) is 4.90 Å². The van der Waals surface area contributed by atoms with Crippen molar-refractivity contribution in [3.8, 4) is 0 Å². The molecule has 0 bridgehead atoms. The number of amides is 1. The van der Waals surface area contributed by atoms with E-state index in [1.165, 1.54) is 0 Å². The van der Waals surface area contributed by atoms with E-state index >= 15 is 0 Å². The van der Waals surface area contributed by atoms with Gasteiger partial charge in [-0.15, -0.1) is 0 Å². The molecule has 0 saturated carbocycles. The van der Waals surface area contributed by atoms with Gasteiger partial charge >= 0.3 is 0 Å². The molecule has 0 spiro atoms. The number of carbonyl (C=O) groups is 1. The molecule has 2 N–H and O–H groups in total. The Bertz CT molecular complexity index is 264. The second kappa shape index (κ2) is 4.69. The smallest absolute Gasteiger partial charge is 0.243 e. The molecule has 0 radical (unpaired) electrons. The van der Waals surface area contributed by atoms with Crippen LogP contribution < -0.4 is 5.73 Å². The first-order valence-corrected chi connectivity index (χ1v) is 5.89. The van der Waals surface area contributed by atoms with Gasteiger partial charge in [0.2, 0.25) is 5.91 Å². The van der Waals surface area contributed by atoms with Crippen molar-refractivity contribution in [2.75, 3.05) is 32.9 Å². The van der Waals surface area contributed by atoms with Gasteiger partial charge in [-0.1, -0.05) is 0 Å². The number of nitrogens with zero attached hydrogens (tertiary/aromatic N) is 1. The normalized spacial score (nSPS) is 30.1. The van der Waals surface area contributed by atoms with Crippen LogP contribution in [0.4, 0.5) is 0 Å². The molecule has 5 nitrogen and oxygen atoms in total. The van der Waals surface area contributed by atoms with Crippen LogP contribution in [0.1, 0.15) is 19.8 Å². The quantitative estimate of drug-likeness (QED) is 0.671. The Morgan fingerprint density at radius 3 is 2.69 bits per heavy atom. The Morgan fingerprint density at radius 1 is 1.38 bits per heavy atom. The number of carbonyl (C=O) groups excluding carboxylic acids is 1. The monoisotopic (exact) mass is 228 g/mol. The fraction of sp³-hybridized carbons (Fsp3) is 0.909. The zero-order valence-electron chi connectivity index (χ0n) is 9.78. The molecule has 1 atom stereocenters. The minimum Gasteiger partial charge on any atom is -0.381 e. The zero-order chi connectivity index (χ0) is 11.6. The van der Waals surface area contributed by atoms with Gasteiger partial charge in [0.05, 0.1) is 18.2 Å². The largest absolute Gasteiger partial charge is 0.381 e. The van der Waals surface area contributed by atoms with Gasteiger partial charge in [0.25, 0.3) is 0 Å². The highest BCUT2D eigenvalue weighted by molar-refractivity contribution is 5.86. The first kappa shape index (κ1) is 11.8. The molecule has 1 unspecified atom stereocenters. The van der Waals surface area contributed by atoms with Crippen molar-refractivity contribution >= 4 is 5.91 Å². The Hall–Kier alpha value is -0.650. The second-order valence-electron chi connectivity index (χ2n) is 4.70. The second-order valence-corrected chi connectivity index (χ2v) is 4.70. The predicted molar refractivity (Wildman–Crippen MR) is 59.0 cm³/mol. The molecule has 2 rings (SSSR count). The molecule has 2 aliphatic heterocycles. The fourth-order valence-electron chi connectivity index (χ4n) is 2.27. The molecule has 0 aromatic rings. The molecule has 0 aromatic carbocycles. The Kier molecular flexibility index (Phi) is 3.47. The third-order valence-electron chi connectivity index (χ3n) is 3.34. The molecule has 2 heterocycles. The summed E-state index contributed by atoms with van der Waals surface area (Å²) < 4.78 is 10.7. The van der Waals surface area contributed by atoms with E-state index in [1.807, 2.05) is 11.8 Å². The summed E-state index contributed by atoms with van der Waals surface area (Å²) in [6.07, 6.45) is 1.36. The van der Waals surface area contributed by atoms with Crippen LogP contribution in [0.2, 0.25) is 0 Å². The number of ether oxygens (including phenoxy) is 2. The van der Waals surface area contributed by atoms with Crippen molar-refractivity contribution in [3.05, 3.63) is 0 Å². The topological polar surface area (TPSA) is 64.8 Å². The van der Waals surface area contributed by atoms with Crippen LogP contribution in [-0.2, 0) is 14.3 Å². The van der Waals surface area contributed by atoms with Crippen molar-refractivity contribution in [1.29, 1.82) is 0 Å². The number of rotatable bonds is 1. The summed E-state index contributed by atoms with van der Waals surface area (Å²) >= 11 is 0. The summed E-state index contributed by atoms with van der Waals surface area (Å²) in [6, 6.07) is 0. The van der Waals surface area contributed by atoms with Crippen molar-refractivity contribution in [3.63, 3.8) is 0 Å². The summed E-state index contributed by atoms with van der Waals surface area (Å²) in [5, 5.41) is 0. The van der Waals surface area contributed by atoms with Crippen LogP contribution >= 0.6 is 0 Å². The first-order chi connectivity index (χ1) is 7.62. The van der Waals surface area contributed by atoms with E-state index in [4.69, 9.17) is 15.2 Å². The van der Waals surface area contributed by atoms with Gasteiger partial charge in [-0.3, -0.25) is 4.79 Å². The van der Waals surface area contributed by atoms with E-state index in [9.17, 15) is 4.79 Å². The summed E-state index contributed by atoms with van der Waals surface area (Å²) in [5.74, 6) is 0.0611. The third kappa shape index (κ3) is 2.36. The zero-order valence-corrected chi connectivity index (χ0v) is 9.78. The van der Waals surface area contributed by atoms with E-state index in [0.717, 1.165) is 0 Å². The van der Waals surface area contributed by atoms with Gasteiger partial charge < -0.3 is 20.1 Å². The molecule has 5 heteroatoms. The molecule has 2 fully saturated rings. The SMILES string of the molecule is CC1CN(C(=O)C2(N)CCOCC2)CCO1. The predicted octanol–water partition coefficient (Wildman–Crippen LogP) is -0.258. The highest BCUT2D eigenvalue weighted by Gasteiger charge is 2.39. The Morgan fingerprint density at radius 2 is 2.06 bits per heavy atom. The maximum absolute atomic E-state index is 12.3. The van der Waals surface area contributed by atoms with Crippen molar-refractivity contribution < 1.29 is 14.3 Å². The van der Waals surface area contributed by atoms with Crippen LogP contribution in [0.5, 0.6) is 0 Å². The lowest BCUT2D eigenvalue weighted by Gasteiger charge is -2.39. The van der Waals surface area contributed by atoms with E-state index in [-0.39, 0.29) is 12.0 Å². The standard InChI is InChI=1S/C11H20N2O3/c1-9-8-13(4-7-16-9)10(14)11(12)2-5-15-6-3-11/h9H,2-8,12H2,1H3. The van der Waals surface area contributed by atoms with E-state index in [1.54, 1.807) is 0 Å². The first-order valence-electron chi connectivity index (χ1n) is 5.89. The maximum atomic E-state index is 12.3. The molecule has 92 valence electrons. The number of hydrogen-bond acceptors (Lipinski definition) is 4. The maximum Gasteiger partial charge on any atom is 0.243 e. The van der Waals surface area contributed by atoms with Crippen LogP contribution in [0, 0.1) is 0 Å². The lowest BCUT2D eigenvalue weighted by molar-refractivity contribution is -0.147. The average molecular weight is 228 g/mol. The molecule has 2 saturated heterocycles. The Balaban J connectivity index is 1.99. The molecule has 0 aromatic heterocycles. The van der Waals surface area contributed by atoms with Crippen LogP contribution in [0.25, 0.3) is 0 Å². The number of hydrogen-bond donors (Lipinski definition) is 1. The highest BCUT2D eigenvalue weighted by atomic mass is 16.5. The van der Waals surface area contributed by atoms with Crippen molar-refractivity contribution in [2.45, 2.75) is 31.4 Å². The Labute approximate surface area is 95.9 Å². The summed E-state index contributed by atoms with van der Waals surface area (Å²) in [6.45, 7) is 5.07. The minimum atomic E-state index is -0.713.